The van der Waals surface area contributed by atoms with Gasteiger partial charge in [-0.15, -0.1) is 12.4 Å². The first kappa shape index (κ1) is 16.3. The van der Waals surface area contributed by atoms with Crippen LogP contribution in [-0.2, 0) is 11.2 Å². The maximum absolute atomic E-state index is 11.3. The average molecular weight is 323 g/mol. The van der Waals surface area contributed by atoms with E-state index >= 15 is 0 Å². The summed E-state index contributed by atoms with van der Waals surface area (Å²) in [4.78, 5) is 15.5. The number of hydrogen-bond acceptors (Lipinski definition) is 6. The number of fused-ring (bicyclic) bond motifs is 1. The molecular weight excluding hydrogens is 304 g/mol. The van der Waals surface area contributed by atoms with Gasteiger partial charge in [-0.25, -0.2) is 10.4 Å². The van der Waals surface area contributed by atoms with E-state index in [1.807, 2.05) is 12.1 Å². The Morgan fingerprint density at radius 3 is 2.91 bits per heavy atom. The highest BCUT2D eigenvalue weighted by atomic mass is 35.5. The number of carbonyl (C=O) groups excluding carboxylic acids is 1. The maximum Gasteiger partial charge on any atom is 0.308 e. The third-order valence-corrected chi connectivity index (χ3v) is 3.63. The highest BCUT2D eigenvalue weighted by molar-refractivity contribution is 6.07. The molecule has 0 spiro atoms. The summed E-state index contributed by atoms with van der Waals surface area (Å²) in [6.45, 7) is 5.08. The Kier molecular flexibility index (Phi) is 5.03. The number of aryl methyl sites for hydroxylation is 1. The zero-order chi connectivity index (χ0) is 14.8. The zero-order valence-electron chi connectivity index (χ0n) is 12.6. The molecule has 0 aromatic heterocycles. The number of hydrogen-bond donors (Lipinski definition) is 2. The van der Waals surface area contributed by atoms with Crippen molar-refractivity contribution in [2.45, 2.75) is 26.7 Å². The average Bonchev–Trinajstić information content (AvgIpc) is 3.08. The van der Waals surface area contributed by atoms with Crippen LogP contribution in [0.3, 0.4) is 0 Å². The minimum absolute atomic E-state index is 0. The summed E-state index contributed by atoms with van der Waals surface area (Å²) < 4.78 is 5.32. The first-order chi connectivity index (χ1) is 10.1. The third kappa shape index (κ3) is 3.22. The van der Waals surface area contributed by atoms with Gasteiger partial charge in [-0.05, 0) is 37.0 Å². The van der Waals surface area contributed by atoms with Gasteiger partial charge < -0.3 is 10.1 Å². The van der Waals surface area contributed by atoms with Crippen LogP contribution in [-0.4, -0.2) is 30.7 Å². The lowest BCUT2D eigenvalue weighted by atomic mass is 10.0. The zero-order valence-corrected chi connectivity index (χ0v) is 13.4. The van der Waals surface area contributed by atoms with Crippen molar-refractivity contribution in [2.75, 3.05) is 13.1 Å². The van der Waals surface area contributed by atoms with Gasteiger partial charge in [0, 0.05) is 19.0 Å². The number of nitrogens with zero attached hydrogens (tertiary/aromatic N) is 2. The number of esters is 1. The van der Waals surface area contributed by atoms with Crippen LogP contribution in [0.4, 0.5) is 0 Å². The van der Waals surface area contributed by atoms with Crippen molar-refractivity contribution >= 4 is 30.0 Å². The molecule has 0 fully saturated rings. The molecule has 0 amide bonds. The lowest BCUT2D eigenvalue weighted by Crippen LogP contribution is -2.30. The van der Waals surface area contributed by atoms with Gasteiger partial charge >= 0.3 is 5.97 Å². The van der Waals surface area contributed by atoms with Crippen molar-refractivity contribution in [2.24, 2.45) is 10.1 Å². The number of nitrogens with one attached hydrogen (secondary N) is 2. The molecule has 0 bridgehead atoms. The molecule has 2 N–H and O–H groups in total. The topological polar surface area (TPSA) is 75.1 Å². The summed E-state index contributed by atoms with van der Waals surface area (Å²) in [5, 5.41) is 7.55. The number of benzene rings is 1. The molecule has 6 nitrogen and oxygen atoms in total. The van der Waals surface area contributed by atoms with E-state index < -0.39 is 0 Å². The molecule has 2 aliphatic rings. The van der Waals surface area contributed by atoms with E-state index in [4.69, 9.17) is 4.74 Å². The summed E-state index contributed by atoms with van der Waals surface area (Å²) >= 11 is 0. The molecule has 7 heteroatoms. The van der Waals surface area contributed by atoms with Crippen molar-refractivity contribution in [1.82, 2.24) is 10.7 Å². The Morgan fingerprint density at radius 1 is 1.41 bits per heavy atom. The Hall–Kier alpha value is -2.08. The summed E-state index contributed by atoms with van der Waals surface area (Å²) in [6.07, 6.45) is 1.74. The Bertz CT molecular complexity index is 655. The molecule has 3 rings (SSSR count). The van der Waals surface area contributed by atoms with Crippen LogP contribution in [0.25, 0.3) is 0 Å². The minimum Gasteiger partial charge on any atom is -0.426 e. The van der Waals surface area contributed by atoms with Gasteiger partial charge in [0.15, 0.2) is 0 Å². The Labute approximate surface area is 135 Å². The normalized spacial score (nSPS) is 17.4. The number of rotatable bonds is 2. The van der Waals surface area contributed by atoms with Crippen molar-refractivity contribution < 1.29 is 9.53 Å². The molecule has 0 unspecified atom stereocenters. The number of carbonyl (C=O) groups is 1. The molecule has 0 saturated heterocycles. The minimum atomic E-state index is -0.318. The predicted octanol–water partition coefficient (Wildman–Crippen LogP) is 1.54. The van der Waals surface area contributed by atoms with Crippen LogP contribution in [0.5, 0.6) is 5.75 Å². The third-order valence-electron chi connectivity index (χ3n) is 3.63. The summed E-state index contributed by atoms with van der Waals surface area (Å²) in [6, 6.07) is 3.82. The molecular formula is C15H19ClN4O2. The molecule has 1 aromatic carbocycles. The lowest BCUT2D eigenvalue weighted by Gasteiger charge is -2.11. The molecule has 22 heavy (non-hydrogen) atoms. The lowest BCUT2D eigenvalue weighted by molar-refractivity contribution is -0.131. The summed E-state index contributed by atoms with van der Waals surface area (Å²) in [5.74, 6) is 0.960. The fourth-order valence-corrected chi connectivity index (χ4v) is 2.68. The number of ether oxygens (including phenoxy) is 1. The maximum atomic E-state index is 11.3. The fraction of sp³-hybridized carbons (Fsp3) is 0.400. The highest BCUT2D eigenvalue weighted by Gasteiger charge is 2.25. The first-order valence-corrected chi connectivity index (χ1v) is 7.07. The van der Waals surface area contributed by atoms with Crippen LogP contribution in [0, 0.1) is 6.92 Å². The largest absolute Gasteiger partial charge is 0.426 e. The molecule has 0 saturated carbocycles. The van der Waals surface area contributed by atoms with Crippen molar-refractivity contribution in [3.63, 3.8) is 0 Å². The van der Waals surface area contributed by atoms with Crippen molar-refractivity contribution in [3.05, 3.63) is 28.8 Å². The van der Waals surface area contributed by atoms with E-state index in [1.165, 1.54) is 18.1 Å². The number of halogens is 1. The van der Waals surface area contributed by atoms with Gasteiger partial charge in [0.25, 0.3) is 0 Å². The molecule has 1 heterocycles. The highest BCUT2D eigenvalue weighted by Crippen LogP contribution is 2.33. The van der Waals surface area contributed by atoms with E-state index in [9.17, 15) is 4.79 Å². The number of guanidine groups is 1. The van der Waals surface area contributed by atoms with Crippen LogP contribution in [0.1, 0.15) is 30.0 Å². The summed E-state index contributed by atoms with van der Waals surface area (Å²) in [5.41, 5.74) is 7.20. The Balaban J connectivity index is 0.00000176. The van der Waals surface area contributed by atoms with Crippen LogP contribution in [0.2, 0.25) is 0 Å². The quantitative estimate of drug-likeness (QED) is 0.492. The standard InChI is InChI=1S/C15H18N4O2.ClH/c1-9-3-6-13(21-10(2)20)14-11(9)4-5-12(14)18-19-15-16-7-8-17-15;/h3,6H,4-5,7-8H2,1-2H3,(H2,16,17,19);1H. The van der Waals surface area contributed by atoms with E-state index in [2.05, 4.69) is 27.8 Å². The Morgan fingerprint density at radius 2 is 2.23 bits per heavy atom. The van der Waals surface area contributed by atoms with Gasteiger partial charge in [0.05, 0.1) is 12.3 Å². The predicted molar refractivity (Wildman–Crippen MR) is 88.0 cm³/mol. The van der Waals surface area contributed by atoms with E-state index in [0.717, 1.165) is 37.2 Å². The second kappa shape index (κ2) is 6.79. The van der Waals surface area contributed by atoms with Crippen molar-refractivity contribution in [1.29, 1.82) is 0 Å². The first-order valence-electron chi connectivity index (χ1n) is 7.07. The SMILES string of the molecule is CC(=O)Oc1ccc(C)c2c1C(=NNC1=NCCN1)CC2.Cl. The molecule has 0 atom stereocenters. The molecule has 1 aromatic rings. The van der Waals surface area contributed by atoms with Gasteiger partial charge in [-0.3, -0.25) is 4.79 Å². The van der Waals surface area contributed by atoms with E-state index in [1.54, 1.807) is 0 Å². The molecule has 0 radical (unpaired) electrons. The van der Waals surface area contributed by atoms with Crippen LogP contribution < -0.4 is 15.5 Å². The monoisotopic (exact) mass is 322 g/mol. The van der Waals surface area contributed by atoms with Gasteiger partial charge in [-0.2, -0.15) is 5.10 Å². The molecule has 1 aliphatic carbocycles. The van der Waals surface area contributed by atoms with Gasteiger partial charge in [-0.1, -0.05) is 6.07 Å². The van der Waals surface area contributed by atoms with Gasteiger partial charge in [0.1, 0.15) is 5.75 Å². The van der Waals surface area contributed by atoms with E-state index in [-0.39, 0.29) is 18.4 Å². The second-order valence-electron chi connectivity index (χ2n) is 5.16. The summed E-state index contributed by atoms with van der Waals surface area (Å²) in [7, 11) is 0. The molecule has 1 aliphatic heterocycles. The van der Waals surface area contributed by atoms with Gasteiger partial charge in [0.2, 0.25) is 5.96 Å². The molecule has 118 valence electrons. The van der Waals surface area contributed by atoms with Crippen LogP contribution >= 0.6 is 12.4 Å². The number of hydrazone groups is 1. The van der Waals surface area contributed by atoms with Crippen LogP contribution in [0.15, 0.2) is 22.2 Å². The second-order valence-corrected chi connectivity index (χ2v) is 5.16. The van der Waals surface area contributed by atoms with E-state index in [0.29, 0.717) is 11.7 Å². The smallest absolute Gasteiger partial charge is 0.308 e. The van der Waals surface area contributed by atoms with Crippen molar-refractivity contribution in [3.8, 4) is 5.75 Å². The fourth-order valence-electron chi connectivity index (χ4n) is 2.68. The number of aliphatic imine (C=N–C) groups is 1.